The van der Waals surface area contributed by atoms with Gasteiger partial charge in [0.15, 0.2) is 5.58 Å². The van der Waals surface area contributed by atoms with Crippen molar-refractivity contribution in [1.29, 1.82) is 5.26 Å². The van der Waals surface area contributed by atoms with Gasteiger partial charge in [0.2, 0.25) is 0 Å². The molecule has 1 aliphatic heterocycles. The van der Waals surface area contributed by atoms with E-state index in [1.165, 1.54) is 31.2 Å². The number of rotatable bonds is 8. The zero-order chi connectivity index (χ0) is 24.6. The highest BCUT2D eigenvalue weighted by atomic mass is 16.5. The Balaban J connectivity index is 0.000000917. The van der Waals surface area contributed by atoms with Crippen LogP contribution in [0.15, 0.2) is 35.0 Å². The van der Waals surface area contributed by atoms with Gasteiger partial charge in [-0.2, -0.15) is 5.26 Å². The Morgan fingerprint density at radius 2 is 1.89 bits per heavy atom. The highest BCUT2D eigenvalue weighted by molar-refractivity contribution is 5.84. The van der Waals surface area contributed by atoms with Gasteiger partial charge < -0.3 is 14.6 Å². The van der Waals surface area contributed by atoms with Crippen molar-refractivity contribution in [1.82, 2.24) is 20.4 Å². The molecule has 0 bridgehead atoms. The van der Waals surface area contributed by atoms with Crippen LogP contribution in [0.4, 0.5) is 0 Å². The van der Waals surface area contributed by atoms with E-state index in [4.69, 9.17) is 14.5 Å². The molecule has 2 fully saturated rings. The average Bonchev–Trinajstić information content (AvgIpc) is 3.62. The molecule has 0 atom stereocenters. The van der Waals surface area contributed by atoms with E-state index < -0.39 is 0 Å². The third-order valence-corrected chi connectivity index (χ3v) is 6.93. The Labute approximate surface area is 208 Å². The smallest absolute Gasteiger partial charge is 0.173 e. The number of benzene rings is 1. The Morgan fingerprint density at radius 1 is 1.11 bits per heavy atom. The molecule has 7 nitrogen and oxygen atoms in total. The number of hydrogen-bond donors (Lipinski definition) is 1. The van der Waals surface area contributed by atoms with Crippen LogP contribution in [-0.4, -0.2) is 48.8 Å². The zero-order valence-electron chi connectivity index (χ0n) is 21.2. The van der Waals surface area contributed by atoms with Crippen LogP contribution in [-0.2, 0) is 13.0 Å². The molecule has 186 valence electrons. The van der Waals surface area contributed by atoms with E-state index in [0.717, 1.165) is 78.9 Å². The van der Waals surface area contributed by atoms with E-state index in [2.05, 4.69) is 45.5 Å². The number of aryl methyl sites for hydroxylation is 2. The van der Waals surface area contributed by atoms with Gasteiger partial charge in [0.05, 0.1) is 12.3 Å². The number of likely N-dealkylation sites (tertiary alicyclic amines) is 1. The maximum absolute atomic E-state index is 8.89. The molecule has 0 amide bonds. The zero-order valence-corrected chi connectivity index (χ0v) is 21.2. The predicted molar refractivity (Wildman–Crippen MR) is 137 cm³/mol. The molecular formula is C28H37N5O2. The number of aromatic nitrogens is 2. The molecule has 2 aromatic heterocycles. The maximum atomic E-state index is 8.89. The summed E-state index contributed by atoms with van der Waals surface area (Å²) in [6, 6.07) is 10.1. The number of fused-ring (bicyclic) bond motifs is 1. The Hall–Kier alpha value is -2.95. The molecule has 3 aromatic rings. The van der Waals surface area contributed by atoms with E-state index in [1.54, 1.807) is 6.07 Å². The van der Waals surface area contributed by atoms with Gasteiger partial charge in [0.1, 0.15) is 17.5 Å². The first-order valence-electron chi connectivity index (χ1n) is 12.8. The lowest BCUT2D eigenvalue weighted by atomic mass is 9.91. The van der Waals surface area contributed by atoms with Gasteiger partial charge in [0.25, 0.3) is 0 Å². The van der Waals surface area contributed by atoms with Crippen molar-refractivity contribution >= 4 is 11.0 Å². The Kier molecular flexibility index (Phi) is 8.73. The highest BCUT2D eigenvalue weighted by Gasteiger charge is 2.23. The third kappa shape index (κ3) is 6.81. The summed E-state index contributed by atoms with van der Waals surface area (Å²) in [5, 5.41) is 17.2. The van der Waals surface area contributed by atoms with Crippen molar-refractivity contribution in [3.05, 3.63) is 53.0 Å². The minimum Gasteiger partial charge on any atom is -0.493 e. The summed E-state index contributed by atoms with van der Waals surface area (Å²) < 4.78 is 11.7. The number of piperidine rings is 1. The molecule has 0 radical (unpaired) electrons. The normalized spacial score (nSPS) is 16.5. The van der Waals surface area contributed by atoms with Crippen LogP contribution in [0.1, 0.15) is 54.6 Å². The van der Waals surface area contributed by atoms with Crippen molar-refractivity contribution < 1.29 is 9.26 Å². The topological polar surface area (TPSA) is 87.2 Å². The van der Waals surface area contributed by atoms with E-state index in [9.17, 15) is 0 Å². The van der Waals surface area contributed by atoms with Crippen LogP contribution in [0.2, 0.25) is 0 Å². The summed E-state index contributed by atoms with van der Waals surface area (Å²) in [4.78, 5) is 6.66. The van der Waals surface area contributed by atoms with Crippen molar-refractivity contribution in [2.75, 3.05) is 33.8 Å². The average molecular weight is 476 g/mol. The lowest BCUT2D eigenvalue weighted by Gasteiger charge is -2.31. The second kappa shape index (κ2) is 12.1. The first-order valence-corrected chi connectivity index (χ1v) is 12.8. The minimum absolute atomic E-state index is 0.477. The second-order valence-electron chi connectivity index (χ2n) is 9.87. The fraction of sp³-hybridized carbons (Fsp3) is 0.536. The van der Waals surface area contributed by atoms with Crippen molar-refractivity contribution in [2.24, 2.45) is 11.8 Å². The molecule has 1 N–H and O–H groups in total. The summed E-state index contributed by atoms with van der Waals surface area (Å²) >= 11 is 0. The van der Waals surface area contributed by atoms with Gasteiger partial charge in [-0.3, -0.25) is 4.90 Å². The van der Waals surface area contributed by atoms with E-state index in [-0.39, 0.29) is 0 Å². The van der Waals surface area contributed by atoms with Gasteiger partial charge in [-0.05, 0) is 108 Å². The molecule has 0 spiro atoms. The first-order chi connectivity index (χ1) is 17.1. The summed E-state index contributed by atoms with van der Waals surface area (Å²) in [6.45, 7) is 5.99. The van der Waals surface area contributed by atoms with Gasteiger partial charge >= 0.3 is 0 Å². The lowest BCUT2D eigenvalue weighted by Crippen LogP contribution is -2.33. The summed E-state index contributed by atoms with van der Waals surface area (Å²) in [5.41, 5.74) is 4.66. The number of pyridine rings is 1. The number of ether oxygens (including phenoxy) is 1. The van der Waals surface area contributed by atoms with Gasteiger partial charge in [0, 0.05) is 23.7 Å². The molecule has 1 saturated heterocycles. The van der Waals surface area contributed by atoms with Gasteiger partial charge in [-0.25, -0.2) is 4.98 Å². The number of nitriles is 1. The second-order valence-corrected chi connectivity index (χ2v) is 9.87. The van der Waals surface area contributed by atoms with E-state index in [1.807, 2.05) is 26.4 Å². The molecule has 35 heavy (non-hydrogen) atoms. The number of nitrogens with one attached hydrogen (secondary N) is 1. The molecule has 1 aliphatic carbocycles. The number of hydrogen-bond acceptors (Lipinski definition) is 7. The SMILES string of the molecule is CNC.Cc1c(OCC2CC2)ccc2c(CCC3CCN(Cc4ccc(C#N)nc4)CC3)noc12. The molecule has 1 saturated carbocycles. The van der Waals surface area contributed by atoms with Crippen LogP contribution in [0.25, 0.3) is 11.0 Å². The van der Waals surface area contributed by atoms with Crippen LogP contribution in [0, 0.1) is 30.1 Å². The fourth-order valence-electron chi connectivity index (χ4n) is 4.61. The summed E-state index contributed by atoms with van der Waals surface area (Å²) in [6.07, 6.45) is 8.92. The Bertz CT molecular complexity index is 1120. The predicted octanol–water partition coefficient (Wildman–Crippen LogP) is 4.87. The van der Waals surface area contributed by atoms with Crippen molar-refractivity contribution in [2.45, 2.75) is 52.0 Å². The van der Waals surface area contributed by atoms with Crippen molar-refractivity contribution in [3.8, 4) is 11.8 Å². The highest BCUT2D eigenvalue weighted by Crippen LogP contribution is 2.34. The molecule has 5 rings (SSSR count). The lowest BCUT2D eigenvalue weighted by molar-refractivity contribution is 0.172. The monoisotopic (exact) mass is 475 g/mol. The molecule has 1 aromatic carbocycles. The minimum atomic E-state index is 0.477. The van der Waals surface area contributed by atoms with E-state index >= 15 is 0 Å². The molecule has 3 heterocycles. The summed E-state index contributed by atoms with van der Waals surface area (Å²) in [7, 11) is 3.75. The van der Waals surface area contributed by atoms with Crippen LogP contribution in [0.5, 0.6) is 5.75 Å². The molecule has 2 aliphatic rings. The quantitative estimate of drug-likeness (QED) is 0.497. The maximum Gasteiger partial charge on any atom is 0.173 e. The summed E-state index contributed by atoms with van der Waals surface area (Å²) in [5.74, 6) is 2.39. The first kappa shape index (κ1) is 25.2. The van der Waals surface area contributed by atoms with Crippen LogP contribution in [0.3, 0.4) is 0 Å². The standard InChI is InChI=1S/C26H30N4O2.C2H7N/c1-18-25(31-17-20-2-3-20)9-7-23-24(29-32-26(18)23)8-5-19-10-12-30(13-11-19)16-21-4-6-22(14-27)28-15-21;1-3-2/h4,6-7,9,15,19-20H,2-3,5,8,10-13,16-17H2,1H3;3H,1-2H3. The largest absolute Gasteiger partial charge is 0.493 e. The van der Waals surface area contributed by atoms with Gasteiger partial charge in [-0.1, -0.05) is 11.2 Å². The van der Waals surface area contributed by atoms with E-state index in [0.29, 0.717) is 5.69 Å². The van der Waals surface area contributed by atoms with Crippen molar-refractivity contribution in [3.63, 3.8) is 0 Å². The third-order valence-electron chi connectivity index (χ3n) is 6.93. The van der Waals surface area contributed by atoms with Gasteiger partial charge in [-0.15, -0.1) is 0 Å². The van der Waals surface area contributed by atoms with Crippen LogP contribution < -0.4 is 10.1 Å². The molecular weight excluding hydrogens is 438 g/mol. The van der Waals surface area contributed by atoms with Crippen LogP contribution >= 0.6 is 0 Å². The molecule has 0 unspecified atom stereocenters. The Morgan fingerprint density at radius 3 is 2.54 bits per heavy atom. The fourth-order valence-corrected chi connectivity index (χ4v) is 4.61. The molecule has 7 heteroatoms. The number of nitrogens with zero attached hydrogens (tertiary/aromatic N) is 4.